The molecule has 0 unspecified atom stereocenters. The average Bonchev–Trinajstić information content (AvgIpc) is 3.39. The van der Waals surface area contributed by atoms with Crippen molar-refractivity contribution in [2.24, 2.45) is 7.05 Å². The fraction of sp³-hybridized carbons (Fsp3) is 0.292. The first-order valence-electron chi connectivity index (χ1n) is 10.7. The van der Waals surface area contributed by atoms with Crippen molar-refractivity contribution in [2.75, 3.05) is 25.7 Å². The Kier molecular flexibility index (Phi) is 4.96. The molecule has 0 fully saturated rings. The molecule has 0 radical (unpaired) electrons. The number of aryl methyl sites for hydroxylation is 2. The first-order chi connectivity index (χ1) is 15.9. The summed E-state index contributed by atoms with van der Waals surface area (Å²) in [6.07, 6.45) is 0. The minimum absolute atomic E-state index is 0.205. The van der Waals surface area contributed by atoms with Gasteiger partial charge in [0.1, 0.15) is 11.5 Å². The van der Waals surface area contributed by atoms with Crippen molar-refractivity contribution in [1.82, 2.24) is 18.7 Å². The third kappa shape index (κ3) is 3.27. The molecule has 0 aliphatic carbocycles. The fourth-order valence-electron chi connectivity index (χ4n) is 4.45. The van der Waals surface area contributed by atoms with Gasteiger partial charge in [0.05, 0.1) is 26.5 Å². The highest BCUT2D eigenvalue weighted by Gasteiger charge is 2.30. The van der Waals surface area contributed by atoms with Crippen molar-refractivity contribution in [3.63, 3.8) is 0 Å². The summed E-state index contributed by atoms with van der Waals surface area (Å²) in [5.41, 5.74) is 2.82. The van der Waals surface area contributed by atoms with Crippen LogP contribution in [0.2, 0.25) is 0 Å². The van der Waals surface area contributed by atoms with E-state index in [2.05, 4.69) is 0 Å². The lowest BCUT2D eigenvalue weighted by Gasteiger charge is -2.19. The number of anilines is 2. The van der Waals surface area contributed by atoms with Crippen molar-refractivity contribution >= 4 is 22.8 Å². The maximum absolute atomic E-state index is 13.5. The summed E-state index contributed by atoms with van der Waals surface area (Å²) in [5.74, 6) is 1.95. The minimum Gasteiger partial charge on any atom is -0.497 e. The van der Waals surface area contributed by atoms with Crippen LogP contribution in [-0.4, -0.2) is 39.4 Å². The molecule has 0 atom stereocenters. The zero-order chi connectivity index (χ0) is 23.3. The summed E-state index contributed by atoms with van der Waals surface area (Å²) in [5, 5.41) is 0. The molecule has 0 N–H and O–H groups in total. The quantitative estimate of drug-likeness (QED) is 0.467. The Bertz CT molecular complexity index is 1500. The SMILES string of the molecule is COc1ccc(OC)c(N2CCn3c2nc2c3c(=O)n(Cc3cccc(C)c3)c(=O)n2C)c1. The van der Waals surface area contributed by atoms with E-state index in [-0.39, 0.29) is 12.1 Å². The van der Waals surface area contributed by atoms with Crippen molar-refractivity contribution in [3.05, 3.63) is 74.4 Å². The van der Waals surface area contributed by atoms with Gasteiger partial charge in [0, 0.05) is 26.2 Å². The van der Waals surface area contributed by atoms with Crippen LogP contribution in [0, 0.1) is 6.92 Å². The molecular weight excluding hydrogens is 422 g/mol. The smallest absolute Gasteiger partial charge is 0.332 e. The maximum atomic E-state index is 13.5. The van der Waals surface area contributed by atoms with Gasteiger partial charge in [0.25, 0.3) is 5.56 Å². The van der Waals surface area contributed by atoms with Gasteiger partial charge >= 0.3 is 5.69 Å². The van der Waals surface area contributed by atoms with Gasteiger partial charge in [-0.2, -0.15) is 4.98 Å². The van der Waals surface area contributed by atoms with Crippen LogP contribution in [0.15, 0.2) is 52.1 Å². The van der Waals surface area contributed by atoms with Gasteiger partial charge in [-0.25, -0.2) is 4.79 Å². The summed E-state index contributed by atoms with van der Waals surface area (Å²) < 4.78 is 15.5. The van der Waals surface area contributed by atoms with E-state index in [1.807, 2.05) is 58.9 Å². The van der Waals surface area contributed by atoms with Gasteiger partial charge < -0.3 is 18.9 Å². The van der Waals surface area contributed by atoms with Gasteiger partial charge in [0.15, 0.2) is 11.2 Å². The Balaban J connectivity index is 1.68. The van der Waals surface area contributed by atoms with Crippen molar-refractivity contribution in [1.29, 1.82) is 0 Å². The first kappa shape index (κ1) is 20.9. The number of fused-ring (bicyclic) bond motifs is 3. The van der Waals surface area contributed by atoms with Crippen LogP contribution in [-0.2, 0) is 20.1 Å². The van der Waals surface area contributed by atoms with E-state index in [1.54, 1.807) is 21.3 Å². The number of ether oxygens (including phenoxy) is 2. The Morgan fingerprint density at radius 1 is 1.03 bits per heavy atom. The Morgan fingerprint density at radius 2 is 1.85 bits per heavy atom. The van der Waals surface area contributed by atoms with E-state index in [0.717, 1.165) is 16.8 Å². The molecule has 170 valence electrons. The van der Waals surface area contributed by atoms with Crippen LogP contribution < -0.4 is 25.6 Å². The monoisotopic (exact) mass is 447 g/mol. The molecule has 33 heavy (non-hydrogen) atoms. The number of rotatable bonds is 5. The van der Waals surface area contributed by atoms with Crippen LogP contribution in [0.25, 0.3) is 11.2 Å². The normalized spacial score (nSPS) is 12.9. The highest BCUT2D eigenvalue weighted by Crippen LogP contribution is 2.39. The first-order valence-corrected chi connectivity index (χ1v) is 10.7. The summed E-state index contributed by atoms with van der Waals surface area (Å²) in [6.45, 7) is 3.36. The topological polar surface area (TPSA) is 83.5 Å². The third-order valence-electron chi connectivity index (χ3n) is 6.10. The zero-order valence-electron chi connectivity index (χ0n) is 19.0. The molecule has 0 bridgehead atoms. The second kappa shape index (κ2) is 7.84. The van der Waals surface area contributed by atoms with Gasteiger partial charge in [-0.15, -0.1) is 0 Å². The highest BCUT2D eigenvalue weighted by molar-refractivity contribution is 5.79. The molecule has 0 saturated carbocycles. The van der Waals surface area contributed by atoms with Crippen LogP contribution in [0.1, 0.15) is 11.1 Å². The second-order valence-electron chi connectivity index (χ2n) is 8.15. The molecule has 4 aromatic rings. The van der Waals surface area contributed by atoms with Gasteiger partial charge in [-0.05, 0) is 24.6 Å². The third-order valence-corrected chi connectivity index (χ3v) is 6.10. The molecule has 0 saturated heterocycles. The number of nitrogens with zero attached hydrogens (tertiary/aromatic N) is 5. The average molecular weight is 447 g/mol. The van der Waals surface area contributed by atoms with Crippen LogP contribution >= 0.6 is 0 Å². The molecule has 0 spiro atoms. The molecule has 5 rings (SSSR count). The summed E-state index contributed by atoms with van der Waals surface area (Å²) in [6, 6.07) is 13.4. The molecule has 9 heteroatoms. The van der Waals surface area contributed by atoms with Gasteiger partial charge in [-0.3, -0.25) is 13.9 Å². The minimum atomic E-state index is -0.392. The van der Waals surface area contributed by atoms with E-state index >= 15 is 0 Å². The van der Waals surface area contributed by atoms with Crippen molar-refractivity contribution < 1.29 is 9.47 Å². The van der Waals surface area contributed by atoms with Gasteiger partial charge in [-0.1, -0.05) is 29.8 Å². The summed E-state index contributed by atoms with van der Waals surface area (Å²) in [7, 11) is 4.87. The van der Waals surface area contributed by atoms with E-state index in [0.29, 0.717) is 41.7 Å². The summed E-state index contributed by atoms with van der Waals surface area (Å²) in [4.78, 5) is 33.3. The number of hydrogen-bond donors (Lipinski definition) is 0. The molecule has 9 nitrogen and oxygen atoms in total. The number of benzene rings is 2. The molecular formula is C24H25N5O4. The predicted octanol–water partition coefficient (Wildman–Crippen LogP) is 2.42. The lowest BCUT2D eigenvalue weighted by molar-refractivity contribution is 0.403. The molecule has 3 heterocycles. The highest BCUT2D eigenvalue weighted by atomic mass is 16.5. The Hall–Kier alpha value is -4.01. The largest absolute Gasteiger partial charge is 0.497 e. The number of hydrogen-bond acceptors (Lipinski definition) is 6. The van der Waals surface area contributed by atoms with E-state index in [1.165, 1.54) is 9.13 Å². The summed E-state index contributed by atoms with van der Waals surface area (Å²) >= 11 is 0. The van der Waals surface area contributed by atoms with E-state index in [4.69, 9.17) is 14.5 Å². The lowest BCUT2D eigenvalue weighted by Crippen LogP contribution is -2.40. The van der Waals surface area contributed by atoms with Gasteiger partial charge in [0.2, 0.25) is 5.95 Å². The van der Waals surface area contributed by atoms with E-state index in [9.17, 15) is 9.59 Å². The standard InChI is InChI=1S/C24H25N5O4/c1-15-6-5-7-16(12-15)14-29-22(30)20-21(26(2)24(29)31)25-23-27(10-11-28(20)23)18-13-17(32-3)8-9-19(18)33-4/h5-9,12-13H,10-11,14H2,1-4H3. The Morgan fingerprint density at radius 3 is 2.58 bits per heavy atom. The van der Waals surface area contributed by atoms with Crippen molar-refractivity contribution in [2.45, 2.75) is 20.0 Å². The maximum Gasteiger partial charge on any atom is 0.332 e. The number of imidazole rings is 1. The van der Waals surface area contributed by atoms with Crippen molar-refractivity contribution in [3.8, 4) is 11.5 Å². The van der Waals surface area contributed by atoms with Crippen LogP contribution in [0.5, 0.6) is 11.5 Å². The molecule has 0 amide bonds. The molecule has 2 aromatic carbocycles. The van der Waals surface area contributed by atoms with E-state index < -0.39 is 5.69 Å². The lowest BCUT2D eigenvalue weighted by atomic mass is 10.1. The number of aromatic nitrogens is 4. The molecule has 2 aromatic heterocycles. The van der Waals surface area contributed by atoms with Crippen LogP contribution in [0.4, 0.5) is 11.6 Å². The second-order valence-corrected chi connectivity index (χ2v) is 8.15. The van der Waals surface area contributed by atoms with Crippen LogP contribution in [0.3, 0.4) is 0 Å². The zero-order valence-corrected chi connectivity index (χ0v) is 19.0. The number of methoxy groups -OCH3 is 2. The molecule has 1 aliphatic rings. The fourth-order valence-corrected chi connectivity index (χ4v) is 4.45. The molecule has 1 aliphatic heterocycles. The predicted molar refractivity (Wildman–Crippen MR) is 126 cm³/mol. The Labute approximate surface area is 190 Å².